The van der Waals surface area contributed by atoms with E-state index in [0.29, 0.717) is 12.0 Å². The Morgan fingerprint density at radius 1 is 1.40 bits per heavy atom. The van der Waals surface area contributed by atoms with Gasteiger partial charge in [0.2, 0.25) is 0 Å². The highest BCUT2D eigenvalue weighted by atomic mass is 79.9. The smallest absolute Gasteiger partial charge is 0.163 e. The Bertz CT molecular complexity index is 349. The maximum atomic E-state index is 12.9. The van der Waals surface area contributed by atoms with Crippen LogP contribution in [0.1, 0.15) is 35.2 Å². The first kappa shape index (κ1) is 12.4. The number of hydrogen-bond donors (Lipinski definition) is 0. The average Bonchev–Trinajstić information content (AvgIpc) is 2.22. The van der Waals surface area contributed by atoms with Crippen molar-refractivity contribution in [2.24, 2.45) is 0 Å². The van der Waals surface area contributed by atoms with Crippen LogP contribution in [0.3, 0.4) is 0 Å². The molecule has 0 aromatic heterocycles. The van der Waals surface area contributed by atoms with Crippen LogP contribution in [0.4, 0.5) is 4.39 Å². The number of halogens is 2. The molecule has 0 aliphatic carbocycles. The van der Waals surface area contributed by atoms with Crippen LogP contribution in [0, 0.1) is 12.7 Å². The van der Waals surface area contributed by atoms with E-state index in [1.165, 1.54) is 12.1 Å². The molecule has 0 unspecified atom stereocenters. The number of unbranched alkanes of at least 4 members (excludes halogenated alkanes) is 1. The van der Waals surface area contributed by atoms with Gasteiger partial charge in [-0.15, -0.1) is 0 Å². The van der Waals surface area contributed by atoms with Crippen LogP contribution in [-0.2, 0) is 0 Å². The fraction of sp³-hybridized carbons (Fsp3) is 0.417. The SMILES string of the molecule is Cc1ccc(F)cc1C(=O)CCCCBr. The lowest BCUT2D eigenvalue weighted by Crippen LogP contribution is -2.02. The van der Waals surface area contributed by atoms with E-state index in [1.54, 1.807) is 6.07 Å². The molecule has 0 amide bonds. The van der Waals surface area contributed by atoms with Crippen molar-refractivity contribution in [3.63, 3.8) is 0 Å². The summed E-state index contributed by atoms with van der Waals surface area (Å²) in [5, 5.41) is 0.905. The molecule has 0 saturated carbocycles. The standard InChI is InChI=1S/C12H14BrFO/c1-9-5-6-10(14)8-11(9)12(15)4-2-3-7-13/h5-6,8H,2-4,7H2,1H3. The molecular formula is C12H14BrFO. The van der Waals surface area contributed by atoms with Crippen LogP contribution in [0.2, 0.25) is 0 Å². The zero-order chi connectivity index (χ0) is 11.3. The van der Waals surface area contributed by atoms with Gasteiger partial charge < -0.3 is 0 Å². The fourth-order valence-electron chi connectivity index (χ4n) is 1.41. The van der Waals surface area contributed by atoms with E-state index in [9.17, 15) is 9.18 Å². The second-order valence-electron chi connectivity index (χ2n) is 3.53. The maximum Gasteiger partial charge on any atom is 0.163 e. The summed E-state index contributed by atoms with van der Waals surface area (Å²) in [6.07, 6.45) is 2.32. The lowest BCUT2D eigenvalue weighted by Gasteiger charge is -2.04. The van der Waals surface area contributed by atoms with E-state index in [1.807, 2.05) is 6.92 Å². The number of ketones is 1. The first-order valence-electron chi connectivity index (χ1n) is 5.00. The maximum absolute atomic E-state index is 12.9. The van der Waals surface area contributed by atoms with Gasteiger partial charge in [-0.2, -0.15) is 0 Å². The van der Waals surface area contributed by atoms with Gasteiger partial charge in [0.1, 0.15) is 5.82 Å². The summed E-state index contributed by atoms with van der Waals surface area (Å²) >= 11 is 3.31. The molecule has 82 valence electrons. The normalized spacial score (nSPS) is 10.3. The highest BCUT2D eigenvalue weighted by Crippen LogP contribution is 2.14. The predicted molar refractivity (Wildman–Crippen MR) is 63.1 cm³/mol. The zero-order valence-corrected chi connectivity index (χ0v) is 10.3. The predicted octanol–water partition coefficient (Wildman–Crippen LogP) is 3.88. The van der Waals surface area contributed by atoms with E-state index in [-0.39, 0.29) is 11.6 Å². The highest BCUT2D eigenvalue weighted by molar-refractivity contribution is 9.09. The third kappa shape index (κ3) is 3.74. The van der Waals surface area contributed by atoms with E-state index in [2.05, 4.69) is 15.9 Å². The molecule has 0 spiro atoms. The van der Waals surface area contributed by atoms with Gasteiger partial charge in [0.05, 0.1) is 0 Å². The molecule has 0 N–H and O–H groups in total. The lowest BCUT2D eigenvalue weighted by atomic mass is 10.0. The van der Waals surface area contributed by atoms with Crippen molar-refractivity contribution in [3.05, 3.63) is 35.1 Å². The van der Waals surface area contributed by atoms with Gasteiger partial charge in [-0.1, -0.05) is 22.0 Å². The van der Waals surface area contributed by atoms with Crippen molar-refractivity contribution < 1.29 is 9.18 Å². The van der Waals surface area contributed by atoms with E-state index in [0.717, 1.165) is 23.7 Å². The molecule has 1 rings (SSSR count). The van der Waals surface area contributed by atoms with Gasteiger partial charge in [0.25, 0.3) is 0 Å². The van der Waals surface area contributed by atoms with Crippen LogP contribution in [0.15, 0.2) is 18.2 Å². The van der Waals surface area contributed by atoms with Crippen molar-refractivity contribution >= 4 is 21.7 Å². The number of benzene rings is 1. The summed E-state index contributed by atoms with van der Waals surface area (Å²) in [6, 6.07) is 4.35. The van der Waals surface area contributed by atoms with Crippen LogP contribution in [0.25, 0.3) is 0 Å². The van der Waals surface area contributed by atoms with Gasteiger partial charge >= 0.3 is 0 Å². The summed E-state index contributed by atoms with van der Waals surface area (Å²) in [5.74, 6) is -0.308. The van der Waals surface area contributed by atoms with Gasteiger partial charge in [-0.25, -0.2) is 4.39 Å². The number of rotatable bonds is 5. The molecule has 0 atom stereocenters. The molecule has 0 heterocycles. The first-order valence-corrected chi connectivity index (χ1v) is 6.12. The Hall–Kier alpha value is -0.700. The Balaban J connectivity index is 2.68. The molecule has 0 aliphatic heterocycles. The molecule has 0 saturated heterocycles. The Labute approximate surface area is 97.8 Å². The minimum atomic E-state index is -0.343. The van der Waals surface area contributed by atoms with Crippen molar-refractivity contribution in [1.82, 2.24) is 0 Å². The van der Waals surface area contributed by atoms with Crippen LogP contribution < -0.4 is 0 Å². The summed E-state index contributed by atoms with van der Waals surface area (Å²) in [4.78, 5) is 11.7. The molecule has 15 heavy (non-hydrogen) atoms. The van der Waals surface area contributed by atoms with Crippen molar-refractivity contribution in [2.75, 3.05) is 5.33 Å². The zero-order valence-electron chi connectivity index (χ0n) is 8.72. The summed E-state index contributed by atoms with van der Waals surface area (Å²) in [6.45, 7) is 1.83. The summed E-state index contributed by atoms with van der Waals surface area (Å²) < 4.78 is 12.9. The molecule has 0 fully saturated rings. The van der Waals surface area contributed by atoms with Gasteiger partial charge in [0, 0.05) is 17.3 Å². The Morgan fingerprint density at radius 3 is 2.80 bits per heavy atom. The van der Waals surface area contributed by atoms with Crippen LogP contribution in [-0.4, -0.2) is 11.1 Å². The quantitative estimate of drug-likeness (QED) is 0.452. The molecule has 1 nitrogen and oxygen atoms in total. The minimum absolute atomic E-state index is 0.0351. The van der Waals surface area contributed by atoms with E-state index < -0.39 is 0 Å². The third-order valence-electron chi connectivity index (χ3n) is 2.29. The highest BCUT2D eigenvalue weighted by Gasteiger charge is 2.09. The number of aryl methyl sites for hydroxylation is 1. The topological polar surface area (TPSA) is 17.1 Å². The van der Waals surface area contributed by atoms with Crippen LogP contribution >= 0.6 is 15.9 Å². The summed E-state index contributed by atoms with van der Waals surface area (Å²) in [7, 11) is 0. The number of alkyl halides is 1. The van der Waals surface area contributed by atoms with Gasteiger partial charge in [-0.05, 0) is 37.5 Å². The molecular weight excluding hydrogens is 259 g/mol. The summed E-state index contributed by atoms with van der Waals surface area (Å²) in [5.41, 5.74) is 1.37. The molecule has 0 radical (unpaired) electrons. The number of hydrogen-bond acceptors (Lipinski definition) is 1. The second kappa shape index (κ2) is 6.01. The molecule has 3 heteroatoms. The third-order valence-corrected chi connectivity index (χ3v) is 2.85. The number of carbonyl (C=O) groups excluding carboxylic acids is 1. The van der Waals surface area contributed by atoms with Crippen molar-refractivity contribution in [3.8, 4) is 0 Å². The number of carbonyl (C=O) groups is 1. The average molecular weight is 273 g/mol. The largest absolute Gasteiger partial charge is 0.294 e. The number of Topliss-reactive ketones (excluding diaryl/α,β-unsaturated/α-hetero) is 1. The van der Waals surface area contributed by atoms with Crippen LogP contribution in [0.5, 0.6) is 0 Å². The lowest BCUT2D eigenvalue weighted by molar-refractivity contribution is 0.0979. The van der Waals surface area contributed by atoms with Crippen molar-refractivity contribution in [1.29, 1.82) is 0 Å². The molecule has 1 aromatic rings. The minimum Gasteiger partial charge on any atom is -0.294 e. The Morgan fingerprint density at radius 2 is 2.13 bits per heavy atom. The molecule has 0 aliphatic rings. The second-order valence-corrected chi connectivity index (χ2v) is 4.32. The fourth-order valence-corrected chi connectivity index (χ4v) is 1.81. The van der Waals surface area contributed by atoms with E-state index >= 15 is 0 Å². The van der Waals surface area contributed by atoms with Gasteiger partial charge in [0.15, 0.2) is 5.78 Å². The molecule has 1 aromatic carbocycles. The van der Waals surface area contributed by atoms with Gasteiger partial charge in [-0.3, -0.25) is 4.79 Å². The van der Waals surface area contributed by atoms with E-state index in [4.69, 9.17) is 0 Å². The molecule has 0 bridgehead atoms. The Kier molecular flexibility index (Phi) is 4.95. The van der Waals surface area contributed by atoms with Crippen molar-refractivity contribution in [2.45, 2.75) is 26.2 Å². The monoisotopic (exact) mass is 272 g/mol. The first-order chi connectivity index (χ1) is 7.15.